The molecule has 94 valence electrons. The van der Waals surface area contributed by atoms with Gasteiger partial charge in [-0.3, -0.25) is 24.4 Å². The van der Waals surface area contributed by atoms with Crippen molar-refractivity contribution in [2.45, 2.75) is 0 Å². The average molecular weight is 247 g/mol. The number of fused-ring (bicyclic) bond motifs is 1. The monoisotopic (exact) mass is 247 g/mol. The van der Waals surface area contributed by atoms with Gasteiger partial charge in [0.15, 0.2) is 0 Å². The summed E-state index contributed by atoms with van der Waals surface area (Å²) in [5, 5.41) is 0. The van der Waals surface area contributed by atoms with Crippen LogP contribution in [0.5, 0.6) is 0 Å². The summed E-state index contributed by atoms with van der Waals surface area (Å²) >= 11 is 0. The van der Waals surface area contributed by atoms with E-state index in [2.05, 4.69) is 4.98 Å². The Hall–Kier alpha value is -1.79. The molecule has 0 N–H and O–H groups in total. The number of rotatable bonds is 2. The van der Waals surface area contributed by atoms with Crippen LogP contribution in [0.3, 0.4) is 0 Å². The van der Waals surface area contributed by atoms with Crippen molar-refractivity contribution in [3.63, 3.8) is 0 Å². The van der Waals surface area contributed by atoms with Gasteiger partial charge in [0.25, 0.3) is 11.8 Å². The Morgan fingerprint density at radius 2 is 2.00 bits per heavy atom. The molecule has 1 aromatic rings. The fourth-order valence-corrected chi connectivity index (χ4v) is 2.18. The minimum atomic E-state index is -0.304. The van der Waals surface area contributed by atoms with Gasteiger partial charge in [-0.05, 0) is 12.1 Å². The largest absolute Gasteiger partial charge is 0.379 e. The van der Waals surface area contributed by atoms with Crippen molar-refractivity contribution in [3.8, 4) is 0 Å². The Morgan fingerprint density at radius 1 is 1.22 bits per heavy atom. The molecule has 18 heavy (non-hydrogen) atoms. The van der Waals surface area contributed by atoms with Crippen molar-refractivity contribution in [2.75, 3.05) is 33.0 Å². The highest BCUT2D eigenvalue weighted by atomic mass is 16.5. The Labute approximate surface area is 104 Å². The molecule has 1 saturated heterocycles. The van der Waals surface area contributed by atoms with E-state index in [0.29, 0.717) is 25.4 Å². The van der Waals surface area contributed by atoms with Crippen LogP contribution in [0.2, 0.25) is 0 Å². The van der Waals surface area contributed by atoms with Crippen molar-refractivity contribution >= 4 is 11.8 Å². The molecule has 0 spiro atoms. The standard InChI is InChI=1S/C12H13N3O3/c16-11-9-2-1-3-13-10(9)12(17)15(11)8-14-4-6-18-7-5-14/h1-3H,4-8H2. The first kappa shape index (κ1) is 11.3. The lowest BCUT2D eigenvalue weighted by molar-refractivity contribution is 0.0123. The van der Waals surface area contributed by atoms with Gasteiger partial charge >= 0.3 is 0 Å². The minimum Gasteiger partial charge on any atom is -0.379 e. The highest BCUT2D eigenvalue weighted by Crippen LogP contribution is 2.20. The van der Waals surface area contributed by atoms with Gasteiger partial charge in [0.05, 0.1) is 25.4 Å². The zero-order valence-corrected chi connectivity index (χ0v) is 9.83. The molecule has 2 aliphatic heterocycles. The molecule has 6 nitrogen and oxygen atoms in total. The van der Waals surface area contributed by atoms with Gasteiger partial charge in [-0.1, -0.05) is 0 Å². The molecule has 0 atom stereocenters. The molecule has 3 heterocycles. The number of morpholine rings is 1. The normalized spacial score (nSPS) is 20.3. The molecule has 2 amide bonds. The fraction of sp³-hybridized carbons (Fsp3) is 0.417. The summed E-state index contributed by atoms with van der Waals surface area (Å²) in [5.74, 6) is -0.559. The summed E-state index contributed by atoms with van der Waals surface area (Å²) < 4.78 is 5.24. The van der Waals surface area contributed by atoms with Gasteiger partial charge in [-0.25, -0.2) is 0 Å². The summed E-state index contributed by atoms with van der Waals surface area (Å²) in [6.45, 7) is 3.07. The molecule has 3 rings (SSSR count). The van der Waals surface area contributed by atoms with E-state index < -0.39 is 0 Å². The second kappa shape index (κ2) is 4.47. The van der Waals surface area contributed by atoms with Crippen LogP contribution in [0.25, 0.3) is 0 Å². The zero-order chi connectivity index (χ0) is 12.5. The Morgan fingerprint density at radius 3 is 2.72 bits per heavy atom. The van der Waals surface area contributed by atoms with Crippen molar-refractivity contribution in [3.05, 3.63) is 29.6 Å². The van der Waals surface area contributed by atoms with E-state index in [-0.39, 0.29) is 17.5 Å². The maximum Gasteiger partial charge on any atom is 0.281 e. The van der Waals surface area contributed by atoms with Crippen LogP contribution in [0.4, 0.5) is 0 Å². The predicted molar refractivity (Wildman–Crippen MR) is 62.0 cm³/mol. The number of aromatic nitrogens is 1. The lowest BCUT2D eigenvalue weighted by Gasteiger charge is -2.29. The van der Waals surface area contributed by atoms with Gasteiger partial charge in [-0.2, -0.15) is 0 Å². The van der Waals surface area contributed by atoms with Gasteiger partial charge in [-0.15, -0.1) is 0 Å². The maximum absolute atomic E-state index is 12.1. The van der Waals surface area contributed by atoms with Crippen molar-refractivity contribution in [1.29, 1.82) is 0 Å². The topological polar surface area (TPSA) is 62.7 Å². The molecule has 0 radical (unpaired) electrons. The van der Waals surface area contributed by atoms with Gasteiger partial charge < -0.3 is 4.74 Å². The molecule has 1 aromatic heterocycles. The third kappa shape index (κ3) is 1.79. The predicted octanol–water partition coefficient (Wildman–Crippen LogP) is -0.0327. The molecule has 0 saturated carbocycles. The second-order valence-corrected chi connectivity index (χ2v) is 4.31. The first-order chi connectivity index (χ1) is 8.77. The fourth-order valence-electron chi connectivity index (χ4n) is 2.18. The van der Waals surface area contributed by atoms with E-state index in [1.165, 1.54) is 11.1 Å². The number of imide groups is 1. The van der Waals surface area contributed by atoms with Crippen molar-refractivity contribution in [1.82, 2.24) is 14.8 Å². The number of ether oxygens (including phenoxy) is 1. The minimum absolute atomic E-state index is 0.255. The summed E-state index contributed by atoms with van der Waals surface area (Å²) in [5.41, 5.74) is 0.659. The van der Waals surface area contributed by atoms with Crippen molar-refractivity contribution in [2.24, 2.45) is 0 Å². The van der Waals surface area contributed by atoms with Crippen LogP contribution in [-0.4, -0.2) is 59.6 Å². The Balaban J connectivity index is 1.79. The summed E-state index contributed by atoms with van der Waals surface area (Å²) in [7, 11) is 0. The lowest BCUT2D eigenvalue weighted by atomic mass is 10.2. The smallest absolute Gasteiger partial charge is 0.281 e. The molecule has 0 aliphatic carbocycles. The first-order valence-corrected chi connectivity index (χ1v) is 5.88. The van der Waals surface area contributed by atoms with E-state index in [1.54, 1.807) is 12.1 Å². The summed E-state index contributed by atoms with van der Waals surface area (Å²) in [6, 6.07) is 3.31. The van der Waals surface area contributed by atoms with Gasteiger partial charge in [0.2, 0.25) is 0 Å². The zero-order valence-electron chi connectivity index (χ0n) is 9.83. The SMILES string of the molecule is O=C1c2cccnc2C(=O)N1CN1CCOCC1. The molecule has 0 unspecified atom stereocenters. The van der Waals surface area contributed by atoms with E-state index >= 15 is 0 Å². The molecular formula is C12H13N3O3. The van der Waals surface area contributed by atoms with Crippen LogP contribution in [0, 0.1) is 0 Å². The van der Waals surface area contributed by atoms with E-state index in [0.717, 1.165) is 13.1 Å². The number of carbonyl (C=O) groups is 2. The quantitative estimate of drug-likeness (QED) is 0.687. The number of hydrogen-bond acceptors (Lipinski definition) is 5. The molecule has 6 heteroatoms. The molecule has 1 fully saturated rings. The van der Waals surface area contributed by atoms with Crippen LogP contribution >= 0.6 is 0 Å². The number of hydrogen-bond donors (Lipinski definition) is 0. The number of amides is 2. The van der Waals surface area contributed by atoms with E-state index in [1.807, 2.05) is 4.90 Å². The van der Waals surface area contributed by atoms with Crippen LogP contribution in [0.1, 0.15) is 20.8 Å². The Kier molecular flexibility index (Phi) is 2.81. The van der Waals surface area contributed by atoms with E-state index in [9.17, 15) is 9.59 Å². The third-order valence-electron chi connectivity index (χ3n) is 3.18. The number of nitrogens with zero attached hydrogens (tertiary/aromatic N) is 3. The Bertz CT molecular complexity index is 462. The molecule has 2 aliphatic rings. The summed E-state index contributed by atoms with van der Waals surface area (Å²) in [6.07, 6.45) is 1.53. The van der Waals surface area contributed by atoms with E-state index in [4.69, 9.17) is 4.74 Å². The molecule has 0 aromatic carbocycles. The van der Waals surface area contributed by atoms with Crippen LogP contribution in [-0.2, 0) is 4.74 Å². The van der Waals surface area contributed by atoms with Gasteiger partial charge in [0.1, 0.15) is 5.69 Å². The average Bonchev–Trinajstić information content (AvgIpc) is 2.66. The highest BCUT2D eigenvalue weighted by Gasteiger charge is 2.37. The van der Waals surface area contributed by atoms with Gasteiger partial charge in [0, 0.05) is 19.3 Å². The number of carbonyl (C=O) groups excluding carboxylic acids is 2. The third-order valence-corrected chi connectivity index (χ3v) is 3.18. The molecular weight excluding hydrogens is 234 g/mol. The van der Waals surface area contributed by atoms with Crippen LogP contribution < -0.4 is 0 Å². The van der Waals surface area contributed by atoms with Crippen LogP contribution in [0.15, 0.2) is 18.3 Å². The number of pyridine rings is 1. The lowest BCUT2D eigenvalue weighted by Crippen LogP contribution is -2.46. The van der Waals surface area contributed by atoms with Crippen molar-refractivity contribution < 1.29 is 14.3 Å². The molecule has 0 bridgehead atoms. The summed E-state index contributed by atoms with van der Waals surface area (Å²) in [4.78, 5) is 31.4. The first-order valence-electron chi connectivity index (χ1n) is 5.88. The highest BCUT2D eigenvalue weighted by molar-refractivity contribution is 6.20. The maximum atomic E-state index is 12.1. The second-order valence-electron chi connectivity index (χ2n) is 4.31.